The number of anilines is 2. The van der Waals surface area contributed by atoms with Gasteiger partial charge >= 0.3 is 0 Å². The molecule has 2 heterocycles. The maximum Gasteiger partial charge on any atom is 0.289 e. The van der Waals surface area contributed by atoms with Crippen molar-refractivity contribution >= 4 is 45.6 Å². The van der Waals surface area contributed by atoms with Crippen LogP contribution in [0.15, 0.2) is 188 Å². The second-order valence-electron chi connectivity index (χ2n) is 13.2. The third kappa shape index (κ3) is 8.70. The number of nitrogens with one attached hydrogen (secondary N) is 2. The second kappa shape index (κ2) is 16.8. The highest BCUT2D eigenvalue weighted by Crippen LogP contribution is 2.29. The monoisotopic (exact) mass is 808 g/mol. The Morgan fingerprint density at radius 3 is 1.18 bits per heavy atom. The summed E-state index contributed by atoms with van der Waals surface area (Å²) in [7, 11) is -3.86. The molecule has 2 atom stereocenters. The van der Waals surface area contributed by atoms with Gasteiger partial charge in [-0.2, -0.15) is 9.36 Å². The van der Waals surface area contributed by atoms with Crippen molar-refractivity contribution in [2.75, 3.05) is 10.6 Å². The van der Waals surface area contributed by atoms with Gasteiger partial charge in [-0.1, -0.05) is 121 Å². The third-order valence-corrected chi connectivity index (χ3v) is 11.6. The Kier molecular flexibility index (Phi) is 11.0. The van der Waals surface area contributed by atoms with E-state index in [1.807, 2.05) is 121 Å². The summed E-state index contributed by atoms with van der Waals surface area (Å²) < 4.78 is 42.8. The van der Waals surface area contributed by atoms with Gasteiger partial charge in [0, 0.05) is 11.4 Å². The van der Waals surface area contributed by atoms with Gasteiger partial charge in [0.15, 0.2) is 12.3 Å². The van der Waals surface area contributed by atoms with Gasteiger partial charge in [0.1, 0.15) is 0 Å². The van der Waals surface area contributed by atoms with Crippen LogP contribution in [0, 0.1) is 9.67 Å². The molecule has 2 aromatic heterocycles. The minimum atomic E-state index is -3.86. The molecule has 0 amide bonds. The lowest BCUT2D eigenvalue weighted by Gasteiger charge is -2.20. The molecule has 0 aliphatic heterocycles. The van der Waals surface area contributed by atoms with Crippen molar-refractivity contribution < 1.29 is 17.3 Å². The van der Waals surface area contributed by atoms with E-state index >= 15 is 0 Å². The first-order valence-electron chi connectivity index (χ1n) is 18.1. The average molecular weight is 809 g/mol. The number of hydrogen-bond acceptors (Lipinski definition) is 10. The third-order valence-electron chi connectivity index (χ3n) is 9.28. The van der Waals surface area contributed by atoms with Crippen molar-refractivity contribution in [3.05, 3.63) is 214 Å². The summed E-state index contributed by atoms with van der Waals surface area (Å²) in [6, 6.07) is 52.5. The fourth-order valence-electron chi connectivity index (χ4n) is 6.42. The molecule has 2 N–H and O–H groups in total. The molecule has 0 bridgehead atoms. The predicted octanol–water partition coefficient (Wildman–Crippen LogP) is 10.1. The van der Waals surface area contributed by atoms with Crippen LogP contribution in [-0.2, 0) is 22.7 Å². The molecule has 284 valence electrons. The molecule has 6 aromatic carbocycles. The summed E-state index contributed by atoms with van der Waals surface area (Å²) in [6.45, 7) is 0. The largest absolute Gasteiger partial charge is 0.414 e. The van der Waals surface area contributed by atoms with Crippen LogP contribution in [0.5, 0.6) is 0 Å². The van der Waals surface area contributed by atoms with Crippen molar-refractivity contribution in [2.24, 2.45) is 0 Å². The summed E-state index contributed by atoms with van der Waals surface area (Å²) in [5.74, 6) is 0.976. The quantitative estimate of drug-likeness (QED) is 0.103. The summed E-state index contributed by atoms with van der Waals surface area (Å²) in [5.41, 5.74) is 5.23. The number of benzene rings is 6. The van der Waals surface area contributed by atoms with E-state index in [4.69, 9.17) is 43.5 Å². The maximum absolute atomic E-state index is 13.9. The van der Waals surface area contributed by atoms with Crippen LogP contribution in [0.3, 0.4) is 0 Å². The molecule has 8 rings (SSSR count). The van der Waals surface area contributed by atoms with E-state index in [2.05, 4.69) is 10.6 Å². The van der Waals surface area contributed by atoms with Gasteiger partial charge < -0.3 is 19.5 Å². The number of nitrogens with zero attached hydrogens (tertiary/aromatic N) is 4. The van der Waals surface area contributed by atoms with Gasteiger partial charge in [-0.15, -0.1) is 10.2 Å². The highest BCUT2D eigenvalue weighted by Gasteiger charge is 2.23. The zero-order valence-electron chi connectivity index (χ0n) is 30.4. The van der Waals surface area contributed by atoms with E-state index in [0.29, 0.717) is 36.0 Å². The molecule has 0 saturated heterocycles. The van der Waals surface area contributed by atoms with Crippen LogP contribution < -0.4 is 10.6 Å². The van der Waals surface area contributed by atoms with Gasteiger partial charge in [0.05, 0.1) is 22.6 Å². The molecular weight excluding hydrogens is 773 g/mol. The minimum Gasteiger partial charge on any atom is -0.414 e. The maximum atomic E-state index is 13.9. The predicted molar refractivity (Wildman–Crippen MR) is 224 cm³/mol. The highest BCUT2D eigenvalue weighted by molar-refractivity contribution is 7.91. The number of rotatable bonds is 14. The lowest BCUT2D eigenvalue weighted by atomic mass is 10.1. The van der Waals surface area contributed by atoms with Crippen LogP contribution in [0.1, 0.15) is 46.4 Å². The first kappa shape index (κ1) is 37.5. The summed E-state index contributed by atoms with van der Waals surface area (Å²) >= 11 is 11.2. The average Bonchev–Trinajstić information content (AvgIpc) is 3.80. The van der Waals surface area contributed by atoms with Crippen molar-refractivity contribution in [1.82, 2.24) is 19.6 Å². The lowest BCUT2D eigenvalue weighted by Crippen LogP contribution is -2.21. The molecule has 0 fully saturated rings. The molecule has 13 heteroatoms. The summed E-state index contributed by atoms with van der Waals surface area (Å²) in [4.78, 5) is 0.725. The molecule has 0 saturated carbocycles. The molecule has 0 aliphatic rings. The van der Waals surface area contributed by atoms with Gasteiger partial charge in [0.25, 0.3) is 9.67 Å². The lowest BCUT2D eigenvalue weighted by molar-refractivity contribution is 0.470. The van der Waals surface area contributed by atoms with Crippen LogP contribution in [0.4, 0.5) is 11.4 Å². The van der Waals surface area contributed by atoms with E-state index in [1.54, 1.807) is 57.9 Å². The standard InChI is InChI=1S/C44H36N6O4S3/c51-57(52,37-25-21-35(22-26-37)45-41(33-17-9-3-10-18-33)49-43(55)53-39(47-49)29-31-13-5-1-6-14-31)38-27-23-36(24-28-38)46-42(34-19-11-4-12-20-34)50-44(56)54-40(48-50)30-32-15-7-2-8-16-32/h1-28,41-42,45-46H,29-30H2. The Morgan fingerprint density at radius 1 is 0.491 bits per heavy atom. The first-order valence-corrected chi connectivity index (χ1v) is 20.4. The Balaban J connectivity index is 1.00. The topological polar surface area (TPSA) is 120 Å². The van der Waals surface area contributed by atoms with Crippen molar-refractivity contribution in [3.63, 3.8) is 0 Å². The Bertz CT molecular complexity index is 2600. The van der Waals surface area contributed by atoms with Gasteiger partial charge in [-0.05, 0) is 95.2 Å². The molecule has 0 spiro atoms. The summed E-state index contributed by atoms with van der Waals surface area (Å²) in [6.07, 6.45) is -0.0570. The molecule has 8 aromatic rings. The number of sulfone groups is 1. The van der Waals surface area contributed by atoms with E-state index in [-0.39, 0.29) is 19.5 Å². The van der Waals surface area contributed by atoms with Gasteiger partial charge in [0.2, 0.25) is 21.6 Å². The fraction of sp³-hybridized carbons (Fsp3) is 0.0909. The fourth-order valence-corrected chi connectivity index (χ4v) is 8.17. The molecule has 10 nitrogen and oxygen atoms in total. The second-order valence-corrected chi connectivity index (χ2v) is 15.9. The molecule has 0 radical (unpaired) electrons. The molecule has 2 unspecified atom stereocenters. The smallest absolute Gasteiger partial charge is 0.289 e. The van der Waals surface area contributed by atoms with Gasteiger partial charge in [-0.25, -0.2) is 8.42 Å². The van der Waals surface area contributed by atoms with Crippen molar-refractivity contribution in [1.29, 1.82) is 0 Å². The molecular formula is C44H36N6O4S3. The van der Waals surface area contributed by atoms with Crippen LogP contribution in [0.25, 0.3) is 0 Å². The Hall–Kier alpha value is -6.41. The van der Waals surface area contributed by atoms with E-state index < -0.39 is 22.2 Å². The zero-order chi connectivity index (χ0) is 39.2. The van der Waals surface area contributed by atoms with Crippen LogP contribution in [0.2, 0.25) is 0 Å². The van der Waals surface area contributed by atoms with Crippen molar-refractivity contribution in [3.8, 4) is 0 Å². The molecule has 57 heavy (non-hydrogen) atoms. The Morgan fingerprint density at radius 2 is 0.825 bits per heavy atom. The zero-order valence-corrected chi connectivity index (χ0v) is 32.8. The van der Waals surface area contributed by atoms with E-state index in [1.165, 1.54) is 0 Å². The minimum absolute atomic E-state index is 0.148. The number of hydrogen-bond donors (Lipinski definition) is 2. The highest BCUT2D eigenvalue weighted by atomic mass is 32.2. The SMILES string of the molecule is O=S(=O)(c1ccc(NC(c2ccccc2)n2nc(Cc3ccccc3)oc2=S)cc1)c1ccc(NC(c2ccccc2)n2nc(Cc3ccccc3)oc2=S)cc1. The first-order chi connectivity index (χ1) is 27.8. The summed E-state index contributed by atoms with van der Waals surface area (Å²) in [5, 5.41) is 16.4. The van der Waals surface area contributed by atoms with Crippen LogP contribution >= 0.6 is 24.4 Å². The normalized spacial score (nSPS) is 12.5. The van der Waals surface area contributed by atoms with Crippen molar-refractivity contribution in [2.45, 2.75) is 35.0 Å². The van der Waals surface area contributed by atoms with E-state index in [9.17, 15) is 8.42 Å². The van der Waals surface area contributed by atoms with E-state index in [0.717, 1.165) is 22.3 Å². The van der Waals surface area contributed by atoms with Crippen LogP contribution in [-0.4, -0.2) is 28.0 Å². The number of aromatic nitrogens is 4. The van der Waals surface area contributed by atoms with Gasteiger partial charge in [-0.3, -0.25) is 0 Å². The Labute approximate surface area is 340 Å². The molecule has 0 aliphatic carbocycles.